The van der Waals surface area contributed by atoms with Gasteiger partial charge in [-0.3, -0.25) is 14.7 Å². The molecule has 1 aromatic carbocycles. The first kappa shape index (κ1) is 26.8. The van der Waals surface area contributed by atoms with Gasteiger partial charge >= 0.3 is 0 Å². The number of likely N-dealkylation sites (tertiary alicyclic amines) is 1. The van der Waals surface area contributed by atoms with Crippen molar-refractivity contribution in [3.63, 3.8) is 0 Å². The number of nitrogens with one attached hydrogen (secondary N) is 3. The van der Waals surface area contributed by atoms with Crippen LogP contribution in [0.4, 0.5) is 0 Å². The van der Waals surface area contributed by atoms with Crippen LogP contribution in [0.15, 0.2) is 23.2 Å². The predicted molar refractivity (Wildman–Crippen MR) is 134 cm³/mol. The summed E-state index contributed by atoms with van der Waals surface area (Å²) in [5.41, 5.74) is 1.07. The molecule has 0 saturated carbocycles. The fraction of sp³-hybridized carbons (Fsp3) is 0.619. The third-order valence-electron chi connectivity index (χ3n) is 5.04. The second-order valence-electron chi connectivity index (χ2n) is 7.25. The first-order chi connectivity index (χ1) is 14.0. The number of nitrogens with zero attached hydrogens (tertiary/aromatic N) is 2. The first-order valence-corrected chi connectivity index (χ1v) is 10.7. The van der Waals surface area contributed by atoms with E-state index in [1.807, 2.05) is 18.2 Å². The van der Waals surface area contributed by atoms with Crippen molar-refractivity contribution in [3.05, 3.63) is 28.8 Å². The highest BCUT2D eigenvalue weighted by atomic mass is 127. The molecule has 0 aromatic heterocycles. The number of guanidine groups is 1. The number of amides is 1. The normalized spacial score (nSPS) is 15.3. The Kier molecular flexibility index (Phi) is 13.1. The number of methoxy groups -OCH3 is 1. The van der Waals surface area contributed by atoms with Crippen LogP contribution in [0.3, 0.4) is 0 Å². The van der Waals surface area contributed by atoms with Gasteiger partial charge in [-0.1, -0.05) is 24.6 Å². The van der Waals surface area contributed by atoms with E-state index in [0.29, 0.717) is 17.6 Å². The van der Waals surface area contributed by atoms with Crippen LogP contribution in [-0.2, 0) is 11.2 Å². The molecule has 0 aliphatic carbocycles. The summed E-state index contributed by atoms with van der Waals surface area (Å²) in [6, 6.07) is 6.11. The summed E-state index contributed by atoms with van der Waals surface area (Å²) in [7, 11) is 3.41. The zero-order valence-electron chi connectivity index (χ0n) is 18.2. The summed E-state index contributed by atoms with van der Waals surface area (Å²) in [5.74, 6) is 1.68. The molecule has 0 atom stereocenters. The number of rotatable bonds is 9. The Morgan fingerprint density at radius 1 is 1.27 bits per heavy atom. The maximum absolute atomic E-state index is 11.9. The molecule has 30 heavy (non-hydrogen) atoms. The summed E-state index contributed by atoms with van der Waals surface area (Å²) in [5, 5.41) is 10.5. The van der Waals surface area contributed by atoms with Crippen LogP contribution in [0.25, 0.3) is 0 Å². The molecule has 1 fully saturated rings. The third-order valence-corrected chi connectivity index (χ3v) is 5.39. The largest absolute Gasteiger partial charge is 0.497 e. The van der Waals surface area contributed by atoms with E-state index in [-0.39, 0.29) is 29.9 Å². The van der Waals surface area contributed by atoms with E-state index in [1.54, 1.807) is 14.2 Å². The molecule has 1 heterocycles. The van der Waals surface area contributed by atoms with Gasteiger partial charge in [-0.25, -0.2) is 0 Å². The molecule has 1 aliphatic heterocycles. The van der Waals surface area contributed by atoms with E-state index < -0.39 is 0 Å². The number of halogens is 2. The fourth-order valence-corrected chi connectivity index (χ4v) is 3.59. The van der Waals surface area contributed by atoms with Gasteiger partial charge < -0.3 is 20.7 Å². The number of piperidine rings is 1. The van der Waals surface area contributed by atoms with Gasteiger partial charge in [-0.05, 0) is 43.4 Å². The number of benzene rings is 1. The number of carbonyl (C=O) groups excluding carboxylic acids is 1. The average molecular weight is 552 g/mol. The molecule has 0 spiro atoms. The highest BCUT2D eigenvalue weighted by Gasteiger charge is 2.21. The highest BCUT2D eigenvalue weighted by molar-refractivity contribution is 14.0. The molecule has 0 radical (unpaired) electrons. The Morgan fingerprint density at radius 2 is 2.00 bits per heavy atom. The molecular formula is C21H35ClIN5O2. The van der Waals surface area contributed by atoms with E-state index in [0.717, 1.165) is 69.1 Å². The minimum absolute atomic E-state index is 0. The molecule has 1 aliphatic rings. The van der Waals surface area contributed by atoms with Crippen LogP contribution in [0.5, 0.6) is 5.75 Å². The third kappa shape index (κ3) is 9.26. The average Bonchev–Trinajstić information content (AvgIpc) is 2.73. The van der Waals surface area contributed by atoms with Gasteiger partial charge in [0.25, 0.3) is 0 Å². The van der Waals surface area contributed by atoms with Crippen molar-refractivity contribution in [3.8, 4) is 5.75 Å². The maximum Gasteiger partial charge on any atom is 0.234 e. The lowest BCUT2D eigenvalue weighted by atomic mass is 10.1. The molecule has 3 N–H and O–H groups in total. The van der Waals surface area contributed by atoms with E-state index >= 15 is 0 Å². The van der Waals surface area contributed by atoms with Crippen LogP contribution in [0, 0.1) is 0 Å². The number of hydrogen-bond donors (Lipinski definition) is 3. The summed E-state index contributed by atoms with van der Waals surface area (Å²) in [4.78, 5) is 18.4. The number of ether oxygens (including phenoxy) is 1. The molecule has 7 nitrogen and oxygen atoms in total. The molecular weight excluding hydrogens is 517 g/mol. The van der Waals surface area contributed by atoms with Gasteiger partial charge in [0.1, 0.15) is 5.75 Å². The Labute approximate surface area is 202 Å². The minimum atomic E-state index is 0. The number of hydrogen-bond acceptors (Lipinski definition) is 4. The Morgan fingerprint density at radius 3 is 2.60 bits per heavy atom. The number of carbonyl (C=O) groups is 1. The minimum Gasteiger partial charge on any atom is -0.497 e. The van der Waals surface area contributed by atoms with E-state index in [9.17, 15) is 4.79 Å². The molecule has 170 valence electrons. The molecule has 2 rings (SSSR count). The smallest absolute Gasteiger partial charge is 0.234 e. The topological polar surface area (TPSA) is 78.0 Å². The molecule has 0 unspecified atom stereocenters. The summed E-state index contributed by atoms with van der Waals surface area (Å²) >= 11 is 6.30. The van der Waals surface area contributed by atoms with E-state index in [4.69, 9.17) is 16.3 Å². The second kappa shape index (κ2) is 14.7. The van der Waals surface area contributed by atoms with Crippen LogP contribution in [-0.4, -0.2) is 69.7 Å². The Hall–Kier alpha value is -1.26. The Bertz CT molecular complexity index is 681. The highest BCUT2D eigenvalue weighted by Crippen LogP contribution is 2.22. The van der Waals surface area contributed by atoms with Crippen molar-refractivity contribution in [1.29, 1.82) is 0 Å². The standard InChI is InChI=1S/C21H34ClN5O2.HI/c1-4-10-24-20(28)15-27-12-8-17(9-13-27)26-21(23-2)25-11-7-16-5-6-18(29-3)14-19(16)22;/h5-6,14,17H,4,7-13,15H2,1-3H3,(H,24,28)(H2,23,25,26);1H. The molecule has 0 bridgehead atoms. The Balaban J connectivity index is 0.00000450. The van der Waals surface area contributed by atoms with Crippen molar-refractivity contribution in [1.82, 2.24) is 20.9 Å². The molecule has 1 saturated heterocycles. The van der Waals surface area contributed by atoms with Crippen LogP contribution < -0.4 is 20.7 Å². The van der Waals surface area contributed by atoms with Crippen molar-refractivity contribution in [2.24, 2.45) is 4.99 Å². The quantitative estimate of drug-likeness (QED) is 0.250. The van der Waals surface area contributed by atoms with E-state index in [1.165, 1.54) is 0 Å². The van der Waals surface area contributed by atoms with Crippen molar-refractivity contribution in [2.75, 3.05) is 46.9 Å². The van der Waals surface area contributed by atoms with Crippen LogP contribution in [0.1, 0.15) is 31.7 Å². The van der Waals surface area contributed by atoms with Crippen LogP contribution >= 0.6 is 35.6 Å². The SMILES string of the molecule is CCCNC(=O)CN1CCC(NC(=NC)NCCc2ccc(OC)cc2Cl)CC1.I. The summed E-state index contributed by atoms with van der Waals surface area (Å²) in [6.45, 7) is 5.86. The summed E-state index contributed by atoms with van der Waals surface area (Å²) < 4.78 is 5.19. The zero-order chi connectivity index (χ0) is 21.1. The van der Waals surface area contributed by atoms with Gasteiger partial charge in [0.2, 0.25) is 5.91 Å². The monoisotopic (exact) mass is 551 g/mol. The maximum atomic E-state index is 11.9. The van der Waals surface area contributed by atoms with Gasteiger partial charge in [0.15, 0.2) is 5.96 Å². The molecule has 9 heteroatoms. The lowest BCUT2D eigenvalue weighted by molar-refractivity contribution is -0.122. The van der Waals surface area contributed by atoms with Gasteiger partial charge in [-0.2, -0.15) is 0 Å². The number of aliphatic imine (C=N–C) groups is 1. The van der Waals surface area contributed by atoms with Gasteiger partial charge in [0, 0.05) is 44.3 Å². The van der Waals surface area contributed by atoms with E-state index in [2.05, 4.69) is 32.8 Å². The molecule has 1 amide bonds. The lowest BCUT2D eigenvalue weighted by Crippen LogP contribution is -2.50. The first-order valence-electron chi connectivity index (χ1n) is 10.3. The predicted octanol–water partition coefficient (Wildman–Crippen LogP) is 2.66. The van der Waals surface area contributed by atoms with Crippen molar-refractivity contribution in [2.45, 2.75) is 38.6 Å². The lowest BCUT2D eigenvalue weighted by Gasteiger charge is -2.32. The molecule has 1 aromatic rings. The zero-order valence-corrected chi connectivity index (χ0v) is 21.3. The van der Waals surface area contributed by atoms with Gasteiger partial charge in [-0.15, -0.1) is 24.0 Å². The van der Waals surface area contributed by atoms with Gasteiger partial charge in [0.05, 0.1) is 13.7 Å². The van der Waals surface area contributed by atoms with Crippen molar-refractivity contribution >= 4 is 47.4 Å². The fourth-order valence-electron chi connectivity index (χ4n) is 3.32. The van der Waals surface area contributed by atoms with Crippen LogP contribution in [0.2, 0.25) is 5.02 Å². The van der Waals surface area contributed by atoms with Crippen molar-refractivity contribution < 1.29 is 9.53 Å². The second-order valence-corrected chi connectivity index (χ2v) is 7.66. The summed E-state index contributed by atoms with van der Waals surface area (Å²) in [6.07, 6.45) is 3.75.